The lowest BCUT2D eigenvalue weighted by Crippen LogP contribution is -2.52. The number of unbranched alkanes of at least 4 members (excludes halogenated alkanes) is 1. The molecule has 0 fully saturated rings. The summed E-state index contributed by atoms with van der Waals surface area (Å²) in [6.45, 7) is 3.91. The Bertz CT molecular complexity index is 1150. The Kier molecular flexibility index (Phi) is 11.3. The molecule has 2 amide bonds. The number of anilines is 1. The van der Waals surface area contributed by atoms with Crippen molar-refractivity contribution in [1.29, 1.82) is 0 Å². The summed E-state index contributed by atoms with van der Waals surface area (Å²) in [4.78, 5) is 28.1. The number of sulfonamides is 1. The molecule has 0 bridgehead atoms. The van der Waals surface area contributed by atoms with Gasteiger partial charge in [-0.25, -0.2) is 8.42 Å². The molecule has 2 aromatic carbocycles. The van der Waals surface area contributed by atoms with E-state index in [9.17, 15) is 18.0 Å². The Labute approximate surface area is 225 Å². The zero-order chi connectivity index (χ0) is 26.2. The van der Waals surface area contributed by atoms with E-state index in [4.69, 9.17) is 23.2 Å². The zero-order valence-corrected chi connectivity index (χ0v) is 23.8. The van der Waals surface area contributed by atoms with Crippen LogP contribution in [0, 0.1) is 0 Å². The molecule has 0 aliphatic rings. The number of nitrogens with one attached hydrogen (secondary N) is 1. The highest BCUT2D eigenvalue weighted by Crippen LogP contribution is 2.28. The van der Waals surface area contributed by atoms with Crippen molar-refractivity contribution < 1.29 is 18.0 Å². The second kappa shape index (κ2) is 13.5. The van der Waals surface area contributed by atoms with E-state index in [1.807, 2.05) is 6.92 Å². The quantitative estimate of drug-likeness (QED) is 0.335. The van der Waals surface area contributed by atoms with Crippen molar-refractivity contribution in [3.05, 3.63) is 62.5 Å². The lowest BCUT2D eigenvalue weighted by Gasteiger charge is -2.33. The molecule has 0 heterocycles. The molecule has 192 valence electrons. The third kappa shape index (κ3) is 8.37. The van der Waals surface area contributed by atoms with Crippen LogP contribution in [0.15, 0.2) is 46.9 Å². The Morgan fingerprint density at radius 3 is 2.34 bits per heavy atom. The number of benzene rings is 2. The predicted octanol–water partition coefficient (Wildman–Crippen LogP) is 5.25. The minimum Gasteiger partial charge on any atom is -0.354 e. The monoisotopic (exact) mass is 605 g/mol. The van der Waals surface area contributed by atoms with Gasteiger partial charge in [0.15, 0.2) is 0 Å². The van der Waals surface area contributed by atoms with E-state index < -0.39 is 28.5 Å². The molecule has 0 aliphatic carbocycles. The molecule has 0 aromatic heterocycles. The van der Waals surface area contributed by atoms with Crippen LogP contribution in [-0.4, -0.2) is 50.5 Å². The zero-order valence-electron chi connectivity index (χ0n) is 19.9. The smallest absolute Gasteiger partial charge is 0.244 e. The Balaban J connectivity index is 2.44. The highest BCUT2D eigenvalue weighted by Gasteiger charge is 2.32. The SMILES string of the molecule is CCCCNC(=O)[C@@H](CC)N(Cc1ccc(Cl)c(Cl)c1)C(=O)CN(c1ccccc1Br)S(C)(=O)=O. The minimum atomic E-state index is -3.81. The third-order valence-electron chi connectivity index (χ3n) is 5.35. The Morgan fingerprint density at radius 1 is 1.09 bits per heavy atom. The highest BCUT2D eigenvalue weighted by atomic mass is 79.9. The van der Waals surface area contributed by atoms with Crippen molar-refractivity contribution in [2.24, 2.45) is 0 Å². The predicted molar refractivity (Wildman–Crippen MR) is 145 cm³/mol. The molecule has 1 atom stereocenters. The van der Waals surface area contributed by atoms with Crippen LogP contribution in [0.4, 0.5) is 5.69 Å². The topological polar surface area (TPSA) is 86.8 Å². The van der Waals surface area contributed by atoms with Gasteiger partial charge in [-0.05, 0) is 58.6 Å². The van der Waals surface area contributed by atoms with Gasteiger partial charge in [0.25, 0.3) is 0 Å². The van der Waals surface area contributed by atoms with Crippen LogP contribution < -0.4 is 9.62 Å². The van der Waals surface area contributed by atoms with Crippen molar-refractivity contribution in [1.82, 2.24) is 10.2 Å². The van der Waals surface area contributed by atoms with Crippen molar-refractivity contribution in [3.63, 3.8) is 0 Å². The van der Waals surface area contributed by atoms with E-state index >= 15 is 0 Å². The molecule has 0 saturated heterocycles. The van der Waals surface area contributed by atoms with Gasteiger partial charge < -0.3 is 10.2 Å². The summed E-state index contributed by atoms with van der Waals surface area (Å²) in [5.41, 5.74) is 0.998. The van der Waals surface area contributed by atoms with E-state index in [1.165, 1.54) is 4.90 Å². The van der Waals surface area contributed by atoms with Gasteiger partial charge in [0.2, 0.25) is 21.8 Å². The molecule has 0 spiro atoms. The average molecular weight is 607 g/mol. The van der Waals surface area contributed by atoms with Gasteiger partial charge in [0, 0.05) is 17.6 Å². The number of nitrogens with zero attached hydrogens (tertiary/aromatic N) is 2. The summed E-state index contributed by atoms with van der Waals surface area (Å²) in [5, 5.41) is 3.57. The summed E-state index contributed by atoms with van der Waals surface area (Å²) >= 11 is 15.6. The fraction of sp³-hybridized carbons (Fsp3) is 0.417. The number of amides is 2. The lowest BCUT2D eigenvalue weighted by atomic mass is 10.1. The van der Waals surface area contributed by atoms with E-state index in [1.54, 1.807) is 49.4 Å². The second-order valence-electron chi connectivity index (χ2n) is 8.06. The van der Waals surface area contributed by atoms with Crippen molar-refractivity contribution in [3.8, 4) is 0 Å². The summed E-state index contributed by atoms with van der Waals surface area (Å²) in [6.07, 6.45) is 3.11. The molecule has 0 aliphatic heterocycles. The highest BCUT2D eigenvalue weighted by molar-refractivity contribution is 9.10. The van der Waals surface area contributed by atoms with Crippen LogP contribution >= 0.6 is 39.1 Å². The van der Waals surface area contributed by atoms with Gasteiger partial charge in [-0.2, -0.15) is 0 Å². The maximum Gasteiger partial charge on any atom is 0.244 e. The van der Waals surface area contributed by atoms with Crippen LogP contribution in [0.2, 0.25) is 10.0 Å². The van der Waals surface area contributed by atoms with Gasteiger partial charge in [0.1, 0.15) is 12.6 Å². The van der Waals surface area contributed by atoms with E-state index in [0.29, 0.717) is 38.7 Å². The number of hydrogen-bond donors (Lipinski definition) is 1. The standard InChI is InChI=1S/C24H30BrCl2N3O4S/c1-4-6-13-28-24(32)21(5-2)29(15-17-11-12-19(26)20(27)14-17)23(31)16-30(35(3,33)34)22-10-8-7-9-18(22)25/h7-12,14,21H,4-6,13,15-16H2,1-3H3,(H,28,32)/t21-/m1/s1. The molecule has 7 nitrogen and oxygen atoms in total. The molecular weight excluding hydrogens is 577 g/mol. The van der Waals surface area contributed by atoms with E-state index in [2.05, 4.69) is 21.2 Å². The molecule has 1 N–H and O–H groups in total. The van der Waals surface area contributed by atoms with Gasteiger partial charge >= 0.3 is 0 Å². The first-order chi connectivity index (χ1) is 16.5. The lowest BCUT2D eigenvalue weighted by molar-refractivity contribution is -0.140. The number of halogens is 3. The van der Waals surface area contributed by atoms with E-state index in [0.717, 1.165) is 23.4 Å². The average Bonchev–Trinajstić information content (AvgIpc) is 2.79. The molecule has 0 saturated carbocycles. The number of hydrogen-bond acceptors (Lipinski definition) is 4. The van der Waals surface area contributed by atoms with Crippen LogP contribution in [0.1, 0.15) is 38.7 Å². The van der Waals surface area contributed by atoms with E-state index in [-0.39, 0.29) is 12.5 Å². The second-order valence-corrected chi connectivity index (χ2v) is 11.6. The molecule has 0 radical (unpaired) electrons. The Morgan fingerprint density at radius 2 is 1.77 bits per heavy atom. The maximum atomic E-state index is 13.6. The van der Waals surface area contributed by atoms with Crippen LogP contribution in [-0.2, 0) is 26.2 Å². The van der Waals surface area contributed by atoms with Gasteiger partial charge in [-0.1, -0.05) is 61.7 Å². The van der Waals surface area contributed by atoms with Gasteiger partial charge in [-0.15, -0.1) is 0 Å². The van der Waals surface area contributed by atoms with Crippen molar-refractivity contribution in [2.75, 3.05) is 23.7 Å². The minimum absolute atomic E-state index is 0.0585. The van der Waals surface area contributed by atoms with Crippen LogP contribution in [0.3, 0.4) is 0 Å². The van der Waals surface area contributed by atoms with Crippen molar-refractivity contribution >= 4 is 66.7 Å². The Hall–Kier alpha value is -1.81. The summed E-state index contributed by atoms with van der Waals surface area (Å²) < 4.78 is 26.9. The molecule has 11 heteroatoms. The first-order valence-corrected chi connectivity index (χ1v) is 14.6. The normalized spacial score (nSPS) is 12.2. The number of rotatable bonds is 12. The van der Waals surface area contributed by atoms with Gasteiger partial charge in [-0.3, -0.25) is 13.9 Å². The summed E-state index contributed by atoms with van der Waals surface area (Å²) in [7, 11) is -3.81. The van der Waals surface area contributed by atoms with Gasteiger partial charge in [0.05, 0.1) is 22.0 Å². The van der Waals surface area contributed by atoms with Crippen LogP contribution in [0.5, 0.6) is 0 Å². The summed E-state index contributed by atoms with van der Waals surface area (Å²) in [6, 6.07) is 10.9. The largest absolute Gasteiger partial charge is 0.354 e. The fourth-order valence-corrected chi connectivity index (χ4v) is 5.31. The number of para-hydroxylation sites is 1. The maximum absolute atomic E-state index is 13.6. The van der Waals surface area contributed by atoms with Crippen molar-refractivity contribution in [2.45, 2.75) is 45.7 Å². The molecule has 2 aromatic rings. The molecule has 35 heavy (non-hydrogen) atoms. The first kappa shape index (κ1) is 29.4. The fourth-order valence-electron chi connectivity index (χ4n) is 3.51. The summed E-state index contributed by atoms with van der Waals surface area (Å²) in [5.74, 6) is -0.809. The third-order valence-corrected chi connectivity index (χ3v) is 7.89. The first-order valence-electron chi connectivity index (χ1n) is 11.2. The van der Waals surface area contributed by atoms with Crippen LogP contribution in [0.25, 0.3) is 0 Å². The number of carbonyl (C=O) groups is 2. The number of carbonyl (C=O) groups excluding carboxylic acids is 2. The molecular formula is C24H30BrCl2N3O4S. The molecule has 2 rings (SSSR count). The molecule has 0 unspecified atom stereocenters.